The predicted octanol–water partition coefficient (Wildman–Crippen LogP) is 3.80. The third-order valence-corrected chi connectivity index (χ3v) is 7.20. The van der Waals surface area contributed by atoms with E-state index in [9.17, 15) is 0 Å². The first-order valence-corrected chi connectivity index (χ1v) is 7.83. The normalized spacial score (nSPS) is 64.0. The molecular weight excluding hydrogens is 204 g/mol. The molecule has 4 fully saturated rings. The maximum atomic E-state index is 2.70. The fourth-order valence-electron chi connectivity index (χ4n) is 6.41. The lowest BCUT2D eigenvalue weighted by Gasteiger charge is -2.55. The van der Waals surface area contributed by atoms with Crippen LogP contribution in [0.25, 0.3) is 0 Å². The van der Waals surface area contributed by atoms with Crippen LogP contribution < -0.4 is 0 Å². The molecule has 0 heterocycles. The molecule has 6 aliphatic rings. The van der Waals surface area contributed by atoms with Crippen LogP contribution in [0.3, 0.4) is 0 Å². The van der Waals surface area contributed by atoms with Gasteiger partial charge in [-0.1, -0.05) is 17.7 Å². The molecule has 6 rings (SSSR count). The fourth-order valence-corrected chi connectivity index (χ4v) is 6.41. The van der Waals surface area contributed by atoms with Crippen molar-refractivity contribution in [2.45, 2.75) is 32.1 Å². The zero-order valence-electron chi connectivity index (χ0n) is 10.3. The third kappa shape index (κ3) is 0.851. The van der Waals surface area contributed by atoms with Crippen LogP contribution in [0.1, 0.15) is 32.1 Å². The Kier molecular flexibility index (Phi) is 1.23. The molecule has 8 unspecified atom stereocenters. The highest BCUT2D eigenvalue weighted by Crippen LogP contribution is 2.75. The van der Waals surface area contributed by atoms with E-state index in [0.717, 1.165) is 41.4 Å². The summed E-state index contributed by atoms with van der Waals surface area (Å²) < 4.78 is 0. The molecule has 0 aromatic carbocycles. The fraction of sp³-hybridized carbons (Fsp3) is 0.765. The molecule has 8 atom stereocenters. The summed E-state index contributed by atoms with van der Waals surface area (Å²) in [6.45, 7) is 0. The van der Waals surface area contributed by atoms with Gasteiger partial charge in [0.1, 0.15) is 0 Å². The topological polar surface area (TPSA) is 0 Å². The monoisotopic (exact) mass is 224 g/mol. The molecule has 0 bridgehead atoms. The summed E-state index contributed by atoms with van der Waals surface area (Å²) in [4.78, 5) is 0. The SMILES string of the molecule is C1=C2C=C3C4CC4C4CC4C3C3CC(CC1)C23. The second-order valence-corrected chi connectivity index (χ2v) is 7.71. The molecule has 0 aromatic rings. The third-order valence-electron chi connectivity index (χ3n) is 7.20. The van der Waals surface area contributed by atoms with Crippen molar-refractivity contribution in [3.63, 3.8) is 0 Å². The molecule has 0 aromatic heterocycles. The first kappa shape index (κ1) is 8.56. The molecule has 6 aliphatic carbocycles. The van der Waals surface area contributed by atoms with E-state index < -0.39 is 0 Å². The van der Waals surface area contributed by atoms with Crippen molar-refractivity contribution in [3.05, 3.63) is 23.3 Å². The van der Waals surface area contributed by atoms with Crippen molar-refractivity contribution in [2.75, 3.05) is 0 Å². The van der Waals surface area contributed by atoms with Crippen molar-refractivity contribution in [2.24, 2.45) is 47.3 Å². The van der Waals surface area contributed by atoms with Gasteiger partial charge in [-0.2, -0.15) is 0 Å². The lowest BCUT2D eigenvalue weighted by Crippen LogP contribution is -2.47. The zero-order chi connectivity index (χ0) is 10.7. The van der Waals surface area contributed by atoms with E-state index in [-0.39, 0.29) is 0 Å². The molecule has 88 valence electrons. The molecule has 0 N–H and O–H groups in total. The summed E-state index contributed by atoms with van der Waals surface area (Å²) in [6, 6.07) is 0. The van der Waals surface area contributed by atoms with E-state index in [1.807, 2.05) is 5.57 Å². The number of hydrogen-bond acceptors (Lipinski definition) is 0. The minimum atomic E-state index is 1.02. The van der Waals surface area contributed by atoms with Crippen molar-refractivity contribution < 1.29 is 0 Å². The Morgan fingerprint density at radius 1 is 0.882 bits per heavy atom. The van der Waals surface area contributed by atoms with E-state index in [1.54, 1.807) is 24.8 Å². The lowest BCUT2D eigenvalue weighted by atomic mass is 9.49. The largest absolute Gasteiger partial charge is 0.0810 e. The second-order valence-electron chi connectivity index (χ2n) is 7.71. The molecule has 0 amide bonds. The number of fused-ring (bicyclic) bond motifs is 7. The summed E-state index contributed by atoms with van der Waals surface area (Å²) in [6.07, 6.45) is 12.9. The van der Waals surface area contributed by atoms with E-state index in [1.165, 1.54) is 18.8 Å². The molecule has 0 heteroatoms. The van der Waals surface area contributed by atoms with Crippen LogP contribution in [-0.4, -0.2) is 0 Å². The Morgan fingerprint density at radius 3 is 2.88 bits per heavy atom. The zero-order valence-corrected chi connectivity index (χ0v) is 10.3. The Hall–Kier alpha value is -0.520. The first-order valence-electron chi connectivity index (χ1n) is 7.83. The highest BCUT2D eigenvalue weighted by molar-refractivity contribution is 5.43. The standard InChI is InChI=1S/C17H20/c1-2-8-4-13-11-6-10(11)12-7-14(12)17(13)15-5-9(3-1)16(8)15/h2,4,9-12,14-17H,1,3,5-7H2. The average molecular weight is 224 g/mol. The Morgan fingerprint density at radius 2 is 1.88 bits per heavy atom. The van der Waals surface area contributed by atoms with Crippen LogP contribution in [0, 0.1) is 47.3 Å². The van der Waals surface area contributed by atoms with Crippen LogP contribution in [-0.2, 0) is 0 Å². The first-order chi connectivity index (χ1) is 8.42. The van der Waals surface area contributed by atoms with Gasteiger partial charge < -0.3 is 0 Å². The van der Waals surface area contributed by atoms with Crippen molar-refractivity contribution >= 4 is 0 Å². The minimum Gasteiger partial charge on any atom is -0.0810 e. The van der Waals surface area contributed by atoms with Gasteiger partial charge in [-0.25, -0.2) is 0 Å². The molecule has 0 spiro atoms. The maximum Gasteiger partial charge on any atom is -0.0102 e. The highest BCUT2D eigenvalue weighted by atomic mass is 14.7. The summed E-state index contributed by atoms with van der Waals surface area (Å²) in [7, 11) is 0. The van der Waals surface area contributed by atoms with Gasteiger partial charge in [-0.15, -0.1) is 0 Å². The highest BCUT2D eigenvalue weighted by Gasteiger charge is 2.67. The molecule has 0 aliphatic heterocycles. The van der Waals surface area contributed by atoms with Crippen LogP contribution >= 0.6 is 0 Å². The average Bonchev–Trinajstić information content (AvgIpc) is 3.14. The summed E-state index contributed by atoms with van der Waals surface area (Å²) >= 11 is 0. The van der Waals surface area contributed by atoms with Gasteiger partial charge in [0.2, 0.25) is 0 Å². The molecule has 0 radical (unpaired) electrons. The Balaban J connectivity index is 1.53. The molecule has 0 nitrogen and oxygen atoms in total. The van der Waals surface area contributed by atoms with Crippen LogP contribution in [0.15, 0.2) is 23.3 Å². The number of rotatable bonds is 0. The van der Waals surface area contributed by atoms with Crippen molar-refractivity contribution in [1.82, 2.24) is 0 Å². The number of allylic oxidation sites excluding steroid dienone is 4. The van der Waals surface area contributed by atoms with Gasteiger partial charge in [0.05, 0.1) is 0 Å². The van der Waals surface area contributed by atoms with Crippen molar-refractivity contribution in [1.29, 1.82) is 0 Å². The van der Waals surface area contributed by atoms with E-state index >= 15 is 0 Å². The van der Waals surface area contributed by atoms with E-state index in [2.05, 4.69) is 12.2 Å². The van der Waals surface area contributed by atoms with Gasteiger partial charge in [0.25, 0.3) is 0 Å². The van der Waals surface area contributed by atoms with Crippen LogP contribution in [0.4, 0.5) is 0 Å². The predicted molar refractivity (Wildman–Crippen MR) is 67.2 cm³/mol. The number of hydrogen-bond donors (Lipinski definition) is 0. The smallest absolute Gasteiger partial charge is 0.0102 e. The van der Waals surface area contributed by atoms with Crippen LogP contribution in [0.5, 0.6) is 0 Å². The van der Waals surface area contributed by atoms with Gasteiger partial charge in [-0.3, -0.25) is 0 Å². The second kappa shape index (κ2) is 2.44. The van der Waals surface area contributed by atoms with Gasteiger partial charge in [0.15, 0.2) is 0 Å². The summed E-state index contributed by atoms with van der Waals surface area (Å²) in [5.41, 5.74) is 3.73. The van der Waals surface area contributed by atoms with Gasteiger partial charge in [0, 0.05) is 0 Å². The van der Waals surface area contributed by atoms with Crippen LogP contribution in [0.2, 0.25) is 0 Å². The molecular formula is C17H20. The molecule has 17 heavy (non-hydrogen) atoms. The molecule has 4 saturated carbocycles. The molecule has 0 saturated heterocycles. The minimum absolute atomic E-state index is 1.02. The van der Waals surface area contributed by atoms with E-state index in [0.29, 0.717) is 0 Å². The summed E-state index contributed by atoms with van der Waals surface area (Å²) in [5.74, 6) is 8.84. The Labute approximate surface area is 103 Å². The lowest BCUT2D eigenvalue weighted by molar-refractivity contribution is 0.0295. The van der Waals surface area contributed by atoms with E-state index in [4.69, 9.17) is 0 Å². The quantitative estimate of drug-likeness (QED) is 0.587. The maximum absolute atomic E-state index is 2.70. The Bertz CT molecular complexity index is 482. The van der Waals surface area contributed by atoms with Crippen molar-refractivity contribution in [3.8, 4) is 0 Å². The van der Waals surface area contributed by atoms with Gasteiger partial charge in [-0.05, 0) is 85.0 Å². The van der Waals surface area contributed by atoms with Gasteiger partial charge >= 0.3 is 0 Å². The summed E-state index contributed by atoms with van der Waals surface area (Å²) in [5, 5.41) is 0.